The molecule has 0 fully saturated rings. The average molecular weight is 294 g/mol. The number of sulfonamides is 1. The van der Waals surface area contributed by atoms with E-state index in [1.54, 1.807) is 0 Å². The summed E-state index contributed by atoms with van der Waals surface area (Å²) in [5.74, 6) is -0.558. The second-order valence-corrected chi connectivity index (χ2v) is 5.16. The van der Waals surface area contributed by atoms with Gasteiger partial charge in [-0.25, -0.2) is 13.6 Å². The van der Waals surface area contributed by atoms with E-state index in [2.05, 4.69) is 5.32 Å². The molecule has 1 rings (SSSR count). The fourth-order valence-corrected chi connectivity index (χ4v) is 2.40. The Balaban J connectivity index is 3.57. The summed E-state index contributed by atoms with van der Waals surface area (Å²) in [5.41, 5.74) is -0.928. The molecular weight excluding hydrogens is 286 g/mol. The molecule has 0 saturated carbocycles. The monoisotopic (exact) mass is 293 g/mol. The zero-order chi connectivity index (χ0) is 14.1. The third kappa shape index (κ3) is 2.94. The Hall–Kier alpha value is -1.71. The molecule has 18 heavy (non-hydrogen) atoms. The molecule has 8 nitrogen and oxygen atoms in total. The number of benzene rings is 1. The van der Waals surface area contributed by atoms with Gasteiger partial charge in [-0.3, -0.25) is 14.9 Å². The van der Waals surface area contributed by atoms with Gasteiger partial charge in [0, 0.05) is 6.92 Å². The van der Waals surface area contributed by atoms with Crippen LogP contribution >= 0.6 is 11.6 Å². The minimum Gasteiger partial charge on any atom is -0.321 e. The van der Waals surface area contributed by atoms with Gasteiger partial charge in [-0.1, -0.05) is 11.6 Å². The largest absolute Gasteiger partial charge is 0.321 e. The van der Waals surface area contributed by atoms with Gasteiger partial charge in [0.25, 0.3) is 0 Å². The summed E-state index contributed by atoms with van der Waals surface area (Å²) in [4.78, 5) is 20.2. The quantitative estimate of drug-likeness (QED) is 0.629. The van der Waals surface area contributed by atoms with Crippen molar-refractivity contribution in [2.24, 2.45) is 5.14 Å². The Kier molecular flexibility index (Phi) is 3.89. The maximum absolute atomic E-state index is 11.1. The minimum absolute atomic E-state index is 0.204. The topological polar surface area (TPSA) is 132 Å². The number of nitrogens with two attached hydrogens (primary N) is 1. The van der Waals surface area contributed by atoms with Crippen molar-refractivity contribution < 1.29 is 18.1 Å². The molecule has 1 aromatic rings. The van der Waals surface area contributed by atoms with E-state index in [4.69, 9.17) is 16.7 Å². The zero-order valence-corrected chi connectivity index (χ0v) is 10.6. The molecule has 0 saturated heterocycles. The Morgan fingerprint density at radius 2 is 2.06 bits per heavy atom. The van der Waals surface area contributed by atoms with Gasteiger partial charge >= 0.3 is 5.69 Å². The summed E-state index contributed by atoms with van der Waals surface area (Å²) in [5, 5.41) is 17.2. The van der Waals surface area contributed by atoms with Crippen molar-refractivity contribution >= 4 is 38.9 Å². The van der Waals surface area contributed by atoms with Crippen molar-refractivity contribution in [2.45, 2.75) is 11.8 Å². The summed E-state index contributed by atoms with van der Waals surface area (Å²) in [6.07, 6.45) is 0. The van der Waals surface area contributed by atoms with Crippen molar-refractivity contribution in [3.63, 3.8) is 0 Å². The normalized spacial score (nSPS) is 11.1. The third-order valence-corrected chi connectivity index (χ3v) is 3.33. The maximum Gasteiger partial charge on any atom is 0.312 e. The number of hydrogen-bond donors (Lipinski definition) is 2. The molecule has 0 bridgehead atoms. The number of hydrogen-bond acceptors (Lipinski definition) is 5. The molecule has 0 unspecified atom stereocenters. The van der Waals surface area contributed by atoms with Crippen LogP contribution < -0.4 is 10.5 Å². The van der Waals surface area contributed by atoms with E-state index in [1.807, 2.05) is 0 Å². The van der Waals surface area contributed by atoms with Crippen LogP contribution in [0.25, 0.3) is 0 Å². The van der Waals surface area contributed by atoms with E-state index >= 15 is 0 Å². The van der Waals surface area contributed by atoms with Crippen LogP contribution in [0.1, 0.15) is 6.92 Å². The van der Waals surface area contributed by atoms with Gasteiger partial charge in [-0.05, 0) is 12.1 Å². The summed E-state index contributed by atoms with van der Waals surface area (Å²) in [7, 11) is -4.18. The molecule has 0 aliphatic carbocycles. The van der Waals surface area contributed by atoms with E-state index < -0.39 is 36.5 Å². The molecule has 0 aliphatic rings. The first kappa shape index (κ1) is 14.4. The molecule has 0 spiro atoms. The van der Waals surface area contributed by atoms with Crippen LogP contribution in [0.2, 0.25) is 5.02 Å². The standard InChI is InChI=1S/C8H8ClN3O5S/c1-4(13)11-5-2-3-6(18(10,16)17)7(9)8(5)12(14)15/h2-3H,1H3,(H,11,13)(H2,10,16,17). The molecule has 3 N–H and O–H groups in total. The summed E-state index contributed by atoms with van der Waals surface area (Å²) in [6.45, 7) is 1.14. The molecule has 1 amide bonds. The SMILES string of the molecule is CC(=O)Nc1ccc(S(N)(=O)=O)c(Cl)c1[N+](=O)[O-]. The highest BCUT2D eigenvalue weighted by Crippen LogP contribution is 2.37. The van der Waals surface area contributed by atoms with Gasteiger partial charge in [0.15, 0.2) is 0 Å². The number of nitro benzene ring substituents is 1. The van der Waals surface area contributed by atoms with E-state index in [-0.39, 0.29) is 5.69 Å². The molecule has 0 atom stereocenters. The van der Waals surface area contributed by atoms with Crippen molar-refractivity contribution in [3.8, 4) is 0 Å². The van der Waals surface area contributed by atoms with Crippen molar-refractivity contribution in [3.05, 3.63) is 27.3 Å². The molecular formula is C8H8ClN3O5S. The number of carbonyl (C=O) groups is 1. The molecule has 1 aromatic carbocycles. The predicted octanol–water partition coefficient (Wildman–Crippen LogP) is 0.854. The van der Waals surface area contributed by atoms with Gasteiger partial charge in [0.1, 0.15) is 15.6 Å². The third-order valence-electron chi connectivity index (χ3n) is 1.88. The fraction of sp³-hybridized carbons (Fsp3) is 0.125. The highest BCUT2D eigenvalue weighted by Gasteiger charge is 2.26. The van der Waals surface area contributed by atoms with Gasteiger partial charge in [-0.2, -0.15) is 0 Å². The van der Waals surface area contributed by atoms with Gasteiger partial charge in [-0.15, -0.1) is 0 Å². The highest BCUT2D eigenvalue weighted by atomic mass is 35.5. The molecule has 98 valence electrons. The molecule has 10 heteroatoms. The smallest absolute Gasteiger partial charge is 0.312 e. The van der Waals surface area contributed by atoms with E-state index in [9.17, 15) is 23.3 Å². The summed E-state index contributed by atoms with van der Waals surface area (Å²) < 4.78 is 22.3. The van der Waals surface area contributed by atoms with E-state index in [0.29, 0.717) is 0 Å². The van der Waals surface area contributed by atoms with Gasteiger partial charge in [0.2, 0.25) is 15.9 Å². The van der Waals surface area contributed by atoms with E-state index in [1.165, 1.54) is 0 Å². The number of primary sulfonamides is 1. The first-order valence-electron chi connectivity index (χ1n) is 4.42. The van der Waals surface area contributed by atoms with Crippen LogP contribution in [0.15, 0.2) is 17.0 Å². The number of nitro groups is 1. The van der Waals surface area contributed by atoms with Crippen molar-refractivity contribution in [1.29, 1.82) is 0 Å². The van der Waals surface area contributed by atoms with Crippen LogP contribution in [-0.4, -0.2) is 19.2 Å². The fourth-order valence-electron chi connectivity index (χ4n) is 1.23. The summed E-state index contributed by atoms with van der Waals surface area (Å²) >= 11 is 5.62. The lowest BCUT2D eigenvalue weighted by molar-refractivity contribution is -0.384. The highest BCUT2D eigenvalue weighted by molar-refractivity contribution is 7.89. The summed E-state index contributed by atoms with van der Waals surface area (Å²) in [6, 6.07) is 2.03. The number of nitrogens with zero attached hydrogens (tertiary/aromatic N) is 1. The Morgan fingerprint density at radius 3 is 2.44 bits per heavy atom. The van der Waals surface area contributed by atoms with Gasteiger partial charge in [0.05, 0.1) is 4.92 Å². The Bertz CT molecular complexity index is 628. The minimum atomic E-state index is -4.18. The number of carbonyl (C=O) groups excluding carboxylic acids is 1. The predicted molar refractivity (Wildman–Crippen MR) is 63.8 cm³/mol. The number of nitrogens with one attached hydrogen (secondary N) is 1. The van der Waals surface area contributed by atoms with Crippen LogP contribution in [0.5, 0.6) is 0 Å². The first-order valence-corrected chi connectivity index (χ1v) is 6.34. The second-order valence-electron chi connectivity index (χ2n) is 3.26. The number of rotatable bonds is 3. The van der Waals surface area contributed by atoms with Crippen LogP contribution in [0.3, 0.4) is 0 Å². The molecule has 0 aromatic heterocycles. The van der Waals surface area contributed by atoms with Crippen molar-refractivity contribution in [1.82, 2.24) is 0 Å². The van der Waals surface area contributed by atoms with Crippen LogP contribution in [0.4, 0.5) is 11.4 Å². The Morgan fingerprint density at radius 1 is 1.50 bits per heavy atom. The second kappa shape index (κ2) is 4.88. The first-order chi connectivity index (χ1) is 8.14. The lowest BCUT2D eigenvalue weighted by atomic mass is 10.2. The van der Waals surface area contributed by atoms with E-state index in [0.717, 1.165) is 19.1 Å². The average Bonchev–Trinajstić information content (AvgIpc) is 2.13. The van der Waals surface area contributed by atoms with Crippen LogP contribution in [-0.2, 0) is 14.8 Å². The molecule has 0 heterocycles. The molecule has 0 radical (unpaired) electrons. The van der Waals surface area contributed by atoms with Gasteiger partial charge < -0.3 is 5.32 Å². The van der Waals surface area contributed by atoms with Crippen molar-refractivity contribution in [2.75, 3.05) is 5.32 Å². The van der Waals surface area contributed by atoms with Crippen LogP contribution in [0, 0.1) is 10.1 Å². The number of amides is 1. The number of halogens is 1. The zero-order valence-electron chi connectivity index (χ0n) is 9.01. The lowest BCUT2D eigenvalue weighted by Gasteiger charge is -2.07. The molecule has 0 aliphatic heterocycles. The Labute approximate surface area is 107 Å². The lowest BCUT2D eigenvalue weighted by Crippen LogP contribution is -2.15. The number of anilines is 1. The maximum atomic E-state index is 11.1.